The predicted octanol–water partition coefficient (Wildman–Crippen LogP) is -0.320. The molecule has 0 amide bonds. The van der Waals surface area contributed by atoms with Gasteiger partial charge in [-0.15, -0.1) is 0 Å². The number of nitro benzene ring substituents is 1. The predicted molar refractivity (Wildman–Crippen MR) is 128 cm³/mol. The number of likely N-dealkylation sites (N-methyl/N-ethyl adjacent to an activating group) is 1. The first-order valence-electron chi connectivity index (χ1n) is 10.6. The molecule has 0 unspecified atom stereocenters. The third-order valence-electron chi connectivity index (χ3n) is 5.21. The average molecular weight is 559 g/mol. The van der Waals surface area contributed by atoms with Gasteiger partial charge in [0.2, 0.25) is 10.0 Å². The molecular formula is C18H30N4O10S3. The number of nitrogens with zero attached hydrogens (tertiary/aromatic N) is 4. The van der Waals surface area contributed by atoms with Gasteiger partial charge in [-0.1, -0.05) is 6.92 Å². The Balaban J connectivity index is 2.47. The molecule has 200 valence electrons. The van der Waals surface area contributed by atoms with Gasteiger partial charge in [0.05, 0.1) is 36.3 Å². The van der Waals surface area contributed by atoms with Crippen LogP contribution < -0.4 is 4.90 Å². The minimum absolute atomic E-state index is 0.0303. The average Bonchev–Trinajstić information content (AvgIpc) is 2.76. The van der Waals surface area contributed by atoms with Crippen LogP contribution in [0.1, 0.15) is 6.92 Å². The van der Waals surface area contributed by atoms with Crippen LogP contribution in [0.4, 0.5) is 11.4 Å². The summed E-state index contributed by atoms with van der Waals surface area (Å²) in [5.41, 5.74) is -0.415. The van der Waals surface area contributed by atoms with E-state index in [1.54, 1.807) is 0 Å². The van der Waals surface area contributed by atoms with Gasteiger partial charge in [-0.3, -0.25) is 18.5 Å². The number of hydrogen-bond donors (Lipinski definition) is 0. The zero-order chi connectivity index (χ0) is 26.4. The molecule has 0 bridgehead atoms. The minimum Gasteiger partial charge on any atom is -0.366 e. The highest BCUT2D eigenvalue weighted by Crippen LogP contribution is 2.32. The first-order valence-corrected chi connectivity index (χ1v) is 15.7. The molecule has 1 aromatic carbocycles. The lowest BCUT2D eigenvalue weighted by Gasteiger charge is -2.34. The van der Waals surface area contributed by atoms with Crippen LogP contribution in [0.3, 0.4) is 0 Å². The number of nitro groups is 1. The quantitative estimate of drug-likeness (QED) is 0.176. The number of piperazine rings is 1. The maximum absolute atomic E-state index is 13.6. The van der Waals surface area contributed by atoms with Gasteiger partial charge in [0.1, 0.15) is 4.90 Å². The second-order valence-corrected chi connectivity index (χ2v) is 13.0. The number of non-ortho nitro benzene ring substituents is 1. The van der Waals surface area contributed by atoms with E-state index < -0.39 is 40.9 Å². The van der Waals surface area contributed by atoms with Gasteiger partial charge in [-0.05, 0) is 12.6 Å². The second kappa shape index (κ2) is 11.9. The van der Waals surface area contributed by atoms with Crippen molar-refractivity contribution in [2.24, 2.45) is 0 Å². The lowest BCUT2D eigenvalue weighted by atomic mass is 10.2. The molecule has 0 aliphatic carbocycles. The van der Waals surface area contributed by atoms with Gasteiger partial charge in [0, 0.05) is 51.4 Å². The van der Waals surface area contributed by atoms with Gasteiger partial charge >= 0.3 is 0 Å². The molecule has 17 heteroatoms. The Bertz CT molecular complexity index is 1170. The monoisotopic (exact) mass is 558 g/mol. The zero-order valence-corrected chi connectivity index (χ0v) is 22.1. The third-order valence-corrected chi connectivity index (χ3v) is 8.33. The van der Waals surface area contributed by atoms with Crippen LogP contribution in [0, 0.1) is 10.1 Å². The van der Waals surface area contributed by atoms with E-state index >= 15 is 0 Å². The molecule has 1 aliphatic rings. The molecule has 14 nitrogen and oxygen atoms in total. The SMILES string of the molecule is CCN1CCN(S(=O)(=O)c2cc([N+](=O)[O-])ccc2N(CCOS(C)(=O)=O)CCOS(C)(=O)=O)CC1. The van der Waals surface area contributed by atoms with E-state index in [-0.39, 0.29) is 50.0 Å². The van der Waals surface area contributed by atoms with E-state index in [0.29, 0.717) is 13.1 Å². The molecule has 1 aromatic rings. The van der Waals surface area contributed by atoms with E-state index in [2.05, 4.69) is 4.90 Å². The Morgan fingerprint density at radius 3 is 1.89 bits per heavy atom. The van der Waals surface area contributed by atoms with Gasteiger partial charge in [0.25, 0.3) is 25.9 Å². The lowest BCUT2D eigenvalue weighted by molar-refractivity contribution is -0.385. The molecule has 0 radical (unpaired) electrons. The molecule has 0 spiro atoms. The summed E-state index contributed by atoms with van der Waals surface area (Å²) in [5.74, 6) is 0. The van der Waals surface area contributed by atoms with E-state index in [1.165, 1.54) is 15.3 Å². The van der Waals surface area contributed by atoms with Crippen molar-refractivity contribution in [2.45, 2.75) is 11.8 Å². The molecule has 1 fully saturated rings. The first kappa shape index (κ1) is 29.3. The van der Waals surface area contributed by atoms with Crippen molar-refractivity contribution in [1.29, 1.82) is 0 Å². The van der Waals surface area contributed by atoms with Crippen molar-refractivity contribution in [3.05, 3.63) is 28.3 Å². The molecule has 0 N–H and O–H groups in total. The molecule has 35 heavy (non-hydrogen) atoms. The Morgan fingerprint density at radius 2 is 1.46 bits per heavy atom. The van der Waals surface area contributed by atoms with Crippen LogP contribution in [0.25, 0.3) is 0 Å². The van der Waals surface area contributed by atoms with Crippen molar-refractivity contribution in [3.63, 3.8) is 0 Å². The highest BCUT2D eigenvalue weighted by Gasteiger charge is 2.33. The molecule has 2 rings (SSSR count). The van der Waals surface area contributed by atoms with E-state index in [0.717, 1.165) is 31.2 Å². The molecule has 0 aromatic heterocycles. The Labute approximate surface area is 205 Å². The van der Waals surface area contributed by atoms with Crippen molar-refractivity contribution < 1.29 is 38.5 Å². The standard InChI is InChI=1S/C18H30N4O10S3/c1-4-19-7-9-21(10-8-19)35(29,30)18-15-16(22(23)24)5-6-17(18)20(11-13-31-33(2,25)26)12-14-32-34(3,27)28/h5-6,15H,4,7-14H2,1-3H3. The summed E-state index contributed by atoms with van der Waals surface area (Å²) in [7, 11) is -11.8. The van der Waals surface area contributed by atoms with Crippen molar-refractivity contribution in [1.82, 2.24) is 9.21 Å². The van der Waals surface area contributed by atoms with Crippen LogP contribution in [0.2, 0.25) is 0 Å². The molecule has 1 aliphatic heterocycles. The van der Waals surface area contributed by atoms with Crippen LogP contribution in [-0.2, 0) is 38.6 Å². The number of anilines is 1. The fourth-order valence-electron chi connectivity index (χ4n) is 3.46. The molecular weight excluding hydrogens is 528 g/mol. The van der Waals surface area contributed by atoms with Crippen molar-refractivity contribution in [2.75, 3.05) is 76.4 Å². The fourth-order valence-corrected chi connectivity index (χ4v) is 5.87. The number of hydrogen-bond acceptors (Lipinski definition) is 12. The number of benzene rings is 1. The van der Waals surface area contributed by atoms with Gasteiger partial charge in [-0.2, -0.15) is 21.1 Å². The topological polar surface area (TPSA) is 174 Å². The molecule has 1 heterocycles. The summed E-state index contributed by atoms with van der Waals surface area (Å²) in [5, 5.41) is 11.4. The molecule has 0 atom stereocenters. The van der Waals surface area contributed by atoms with Crippen molar-refractivity contribution >= 4 is 41.6 Å². The maximum atomic E-state index is 13.6. The van der Waals surface area contributed by atoms with Gasteiger partial charge < -0.3 is 9.80 Å². The minimum atomic E-state index is -4.19. The van der Waals surface area contributed by atoms with Gasteiger partial charge in [0.15, 0.2) is 0 Å². The highest BCUT2D eigenvalue weighted by atomic mass is 32.2. The maximum Gasteiger partial charge on any atom is 0.270 e. The molecule has 0 saturated carbocycles. The van der Waals surface area contributed by atoms with Crippen molar-refractivity contribution in [3.8, 4) is 0 Å². The molecule has 1 saturated heterocycles. The fraction of sp³-hybridized carbons (Fsp3) is 0.667. The largest absolute Gasteiger partial charge is 0.366 e. The summed E-state index contributed by atoms with van der Waals surface area (Å²) in [6.07, 6.45) is 1.70. The smallest absolute Gasteiger partial charge is 0.270 e. The normalized spacial score (nSPS) is 16.3. The summed E-state index contributed by atoms with van der Waals surface area (Å²) < 4.78 is 83.3. The van der Waals surface area contributed by atoms with Crippen LogP contribution >= 0.6 is 0 Å². The van der Waals surface area contributed by atoms with Crippen LogP contribution in [0.5, 0.6) is 0 Å². The lowest BCUT2D eigenvalue weighted by Crippen LogP contribution is -2.48. The number of rotatable bonds is 13. The van der Waals surface area contributed by atoms with E-state index in [4.69, 9.17) is 8.37 Å². The van der Waals surface area contributed by atoms with Gasteiger partial charge in [-0.25, -0.2) is 8.42 Å². The summed E-state index contributed by atoms with van der Waals surface area (Å²) in [4.78, 5) is 13.7. The Kier molecular flexibility index (Phi) is 9.97. The van der Waals surface area contributed by atoms with E-state index in [9.17, 15) is 35.4 Å². The first-order chi connectivity index (χ1) is 16.1. The van der Waals surface area contributed by atoms with Crippen LogP contribution in [0.15, 0.2) is 23.1 Å². The second-order valence-electron chi connectivity index (χ2n) is 7.79. The van der Waals surface area contributed by atoms with Crippen LogP contribution in [-0.4, -0.2) is 111 Å². The van der Waals surface area contributed by atoms with E-state index in [1.807, 2.05) is 6.92 Å². The highest BCUT2D eigenvalue weighted by molar-refractivity contribution is 7.89. The zero-order valence-electron chi connectivity index (χ0n) is 19.7. The summed E-state index contributed by atoms with van der Waals surface area (Å²) in [6, 6.07) is 3.29. The summed E-state index contributed by atoms with van der Waals surface area (Å²) in [6.45, 7) is 3.00. The Hall–Kier alpha value is -1.89. The Morgan fingerprint density at radius 1 is 0.943 bits per heavy atom. The summed E-state index contributed by atoms with van der Waals surface area (Å²) >= 11 is 0. The number of sulfonamides is 1. The third kappa shape index (κ3) is 8.93.